The maximum absolute atomic E-state index is 9.98. The number of hydrogen-bond donors (Lipinski definition) is 3. The Morgan fingerprint density at radius 3 is 2.22 bits per heavy atom. The fourth-order valence-electron chi connectivity index (χ4n) is 0.378. The van der Waals surface area contributed by atoms with Crippen molar-refractivity contribution in [3.63, 3.8) is 0 Å². The Morgan fingerprint density at radius 2 is 2.22 bits per heavy atom. The van der Waals surface area contributed by atoms with Gasteiger partial charge in [-0.2, -0.15) is 0 Å². The van der Waals surface area contributed by atoms with Crippen molar-refractivity contribution in [3.8, 4) is 0 Å². The molecule has 0 bridgehead atoms. The molecular weight excluding hydrogens is 126 g/mol. The van der Waals surface area contributed by atoms with Gasteiger partial charge in [0.15, 0.2) is 0 Å². The normalized spacial score (nSPS) is 16.8. The Balaban J connectivity index is 3.83. The van der Waals surface area contributed by atoms with Gasteiger partial charge in [-0.3, -0.25) is 0 Å². The Kier molecular flexibility index (Phi) is 3.15. The first-order valence-electron chi connectivity index (χ1n) is 2.45. The number of quaternary nitrogens is 1. The Bertz CT molecular complexity index is 103. The van der Waals surface area contributed by atoms with E-state index in [0.29, 0.717) is 0 Å². The maximum Gasteiger partial charge on any atom is 0.365 e. The van der Waals surface area contributed by atoms with Crippen LogP contribution in [0.2, 0.25) is 0 Å². The number of hydrogen-bond acceptors (Lipinski definition) is 3. The van der Waals surface area contributed by atoms with Crippen molar-refractivity contribution in [3.05, 3.63) is 5.21 Å². The first kappa shape index (κ1) is 8.35. The smallest absolute Gasteiger partial charge is 0.365 e. The number of carboxylic acid groups (broad SMARTS) is 1. The molecule has 0 radical (unpaired) electrons. The van der Waals surface area contributed by atoms with E-state index in [1.165, 1.54) is 6.92 Å². The van der Waals surface area contributed by atoms with Crippen LogP contribution in [0.3, 0.4) is 0 Å². The molecule has 0 saturated carbocycles. The lowest BCUT2D eigenvalue weighted by Crippen LogP contribution is -2.89. The van der Waals surface area contributed by atoms with Gasteiger partial charge in [0, 0.05) is 0 Å². The van der Waals surface area contributed by atoms with Crippen LogP contribution in [0.15, 0.2) is 0 Å². The Morgan fingerprint density at radius 1 is 1.78 bits per heavy atom. The molecule has 5 heteroatoms. The monoisotopic (exact) mass is 135 g/mol. The second-order valence-corrected chi connectivity index (χ2v) is 1.74. The first-order valence-corrected chi connectivity index (χ1v) is 2.45. The summed E-state index contributed by atoms with van der Waals surface area (Å²) >= 11 is 0. The van der Waals surface area contributed by atoms with Crippen LogP contribution < -0.4 is 5.48 Å². The predicted octanol–water partition coefficient (Wildman–Crippen LogP) is -2.12. The lowest BCUT2D eigenvalue weighted by Gasteiger charge is -2.14. The number of carbonyl (C=O) groups is 1. The van der Waals surface area contributed by atoms with Crippen molar-refractivity contribution in [1.82, 2.24) is 0 Å². The molecule has 0 saturated heterocycles. The number of aliphatic hydroxyl groups is 1. The molecule has 0 fully saturated rings. The quantitative estimate of drug-likeness (QED) is 0.385. The van der Waals surface area contributed by atoms with Gasteiger partial charge >= 0.3 is 5.97 Å². The van der Waals surface area contributed by atoms with Gasteiger partial charge in [0.1, 0.15) is 6.10 Å². The maximum atomic E-state index is 9.98. The van der Waals surface area contributed by atoms with Crippen molar-refractivity contribution < 1.29 is 20.5 Å². The molecule has 0 amide bonds. The number of hydroxylamine groups is 1. The van der Waals surface area contributed by atoms with Gasteiger partial charge in [0.2, 0.25) is 6.04 Å². The van der Waals surface area contributed by atoms with E-state index in [-0.39, 0.29) is 5.48 Å². The highest BCUT2D eigenvalue weighted by atomic mass is 16.5. The van der Waals surface area contributed by atoms with Crippen molar-refractivity contribution in [2.45, 2.75) is 19.1 Å². The van der Waals surface area contributed by atoms with Crippen molar-refractivity contribution in [2.75, 3.05) is 0 Å². The summed E-state index contributed by atoms with van der Waals surface area (Å²) in [5.41, 5.74) is 0.215. The average molecular weight is 135 g/mol. The molecule has 9 heavy (non-hydrogen) atoms. The molecule has 2 atom stereocenters. The van der Waals surface area contributed by atoms with Gasteiger partial charge in [-0.05, 0) is 6.92 Å². The molecule has 0 unspecified atom stereocenters. The van der Waals surface area contributed by atoms with Crippen LogP contribution in [0, 0.1) is 5.21 Å². The molecule has 0 aliphatic carbocycles. The van der Waals surface area contributed by atoms with Gasteiger partial charge in [-0.15, -0.1) is 0 Å². The van der Waals surface area contributed by atoms with E-state index in [2.05, 4.69) is 0 Å². The molecular formula is C4H9NO4. The molecule has 0 aliphatic rings. The van der Waals surface area contributed by atoms with Crippen LogP contribution in [0.25, 0.3) is 0 Å². The fraction of sp³-hybridized carbons (Fsp3) is 0.750. The van der Waals surface area contributed by atoms with E-state index in [1.807, 2.05) is 0 Å². The molecule has 0 aromatic carbocycles. The van der Waals surface area contributed by atoms with Gasteiger partial charge < -0.3 is 20.9 Å². The zero-order valence-electron chi connectivity index (χ0n) is 4.94. The number of nitrogens with two attached hydrogens (primary N) is 1. The summed E-state index contributed by atoms with van der Waals surface area (Å²) in [5, 5.41) is 26.6. The molecule has 0 aliphatic heterocycles. The van der Waals surface area contributed by atoms with E-state index >= 15 is 0 Å². The third-order valence-electron chi connectivity index (χ3n) is 0.951. The van der Waals surface area contributed by atoms with Crippen LogP contribution in [-0.4, -0.2) is 28.3 Å². The molecule has 0 heterocycles. The zero-order valence-corrected chi connectivity index (χ0v) is 4.94. The minimum atomic E-state index is -1.29. The second-order valence-electron chi connectivity index (χ2n) is 1.74. The molecule has 0 aromatic rings. The van der Waals surface area contributed by atoms with Gasteiger partial charge in [-0.25, -0.2) is 4.79 Å². The predicted molar refractivity (Wildman–Crippen MR) is 28.4 cm³/mol. The summed E-state index contributed by atoms with van der Waals surface area (Å²) in [7, 11) is 0. The average Bonchev–Trinajstić information content (AvgIpc) is 1.64. The van der Waals surface area contributed by atoms with Crippen molar-refractivity contribution >= 4 is 5.97 Å². The minimum Gasteiger partial charge on any atom is -0.635 e. The molecule has 0 aromatic heterocycles. The summed E-state index contributed by atoms with van der Waals surface area (Å²) in [5.74, 6) is -1.29. The van der Waals surface area contributed by atoms with Gasteiger partial charge in [0.05, 0.1) is 0 Å². The van der Waals surface area contributed by atoms with E-state index in [9.17, 15) is 10.0 Å². The van der Waals surface area contributed by atoms with Crippen LogP contribution >= 0.6 is 0 Å². The summed E-state index contributed by atoms with van der Waals surface area (Å²) in [6.45, 7) is 1.26. The van der Waals surface area contributed by atoms with Crippen LogP contribution in [0.1, 0.15) is 6.92 Å². The highest BCUT2D eigenvalue weighted by molar-refractivity contribution is 5.72. The van der Waals surface area contributed by atoms with Crippen LogP contribution in [0.5, 0.6) is 0 Å². The molecule has 4 N–H and O–H groups in total. The van der Waals surface area contributed by atoms with Crippen LogP contribution in [0.4, 0.5) is 0 Å². The number of aliphatic hydroxyl groups excluding tert-OH is 1. The molecule has 0 spiro atoms. The Labute approximate surface area is 51.9 Å². The van der Waals surface area contributed by atoms with Crippen molar-refractivity contribution in [2.24, 2.45) is 0 Å². The Hall–Kier alpha value is -0.650. The van der Waals surface area contributed by atoms with E-state index in [0.717, 1.165) is 0 Å². The summed E-state index contributed by atoms with van der Waals surface area (Å²) < 4.78 is 0. The van der Waals surface area contributed by atoms with Gasteiger partial charge in [-0.1, -0.05) is 0 Å². The van der Waals surface area contributed by atoms with Crippen LogP contribution in [-0.2, 0) is 4.79 Å². The summed E-state index contributed by atoms with van der Waals surface area (Å²) in [6, 6.07) is -1.29. The van der Waals surface area contributed by atoms with Crippen molar-refractivity contribution in [1.29, 1.82) is 0 Å². The van der Waals surface area contributed by atoms with E-state index in [4.69, 9.17) is 10.2 Å². The minimum absolute atomic E-state index is 0.215. The number of rotatable bonds is 3. The SMILES string of the molecule is C[C@@H](O)[C@H]([NH2+][O-])C(=O)O. The first-order chi connectivity index (χ1) is 4.09. The molecule has 0 rings (SSSR count). The topological polar surface area (TPSA) is 97.2 Å². The molecule has 5 nitrogen and oxygen atoms in total. The number of aliphatic carboxylic acids is 1. The van der Waals surface area contributed by atoms with E-state index in [1.54, 1.807) is 0 Å². The second kappa shape index (κ2) is 3.39. The highest BCUT2D eigenvalue weighted by Gasteiger charge is 2.22. The highest BCUT2D eigenvalue weighted by Crippen LogP contribution is 1.84. The summed E-state index contributed by atoms with van der Waals surface area (Å²) in [6.07, 6.45) is -1.11. The zero-order chi connectivity index (χ0) is 7.44. The third kappa shape index (κ3) is 2.41. The lowest BCUT2D eigenvalue weighted by molar-refractivity contribution is -0.623. The number of carboxylic acids is 1. The molecule has 54 valence electrons. The standard InChI is InChI=1S/C4H9NO4/c1-2(6)3(5-9)4(7)8/h2-3,6H,5H2,1H3,(H,7,8)/t2-,3+/m1/s1. The van der Waals surface area contributed by atoms with Gasteiger partial charge in [0.25, 0.3) is 0 Å². The van der Waals surface area contributed by atoms with E-state index < -0.39 is 18.1 Å². The third-order valence-corrected chi connectivity index (χ3v) is 0.951. The largest absolute Gasteiger partial charge is 0.635 e. The fourth-order valence-corrected chi connectivity index (χ4v) is 0.378. The summed E-state index contributed by atoms with van der Waals surface area (Å²) in [4.78, 5) is 9.98. The lowest BCUT2D eigenvalue weighted by atomic mass is 10.2.